The van der Waals surface area contributed by atoms with Gasteiger partial charge in [-0.3, -0.25) is 9.59 Å². The highest BCUT2D eigenvalue weighted by Gasteiger charge is 2.38. The van der Waals surface area contributed by atoms with Crippen LogP contribution >= 0.6 is 0 Å². The predicted molar refractivity (Wildman–Crippen MR) is 122 cm³/mol. The van der Waals surface area contributed by atoms with Crippen LogP contribution in [0.3, 0.4) is 0 Å². The number of phenolic OH excluding ortho intramolecular Hbond substituents is 1. The molecule has 0 fully saturated rings. The highest BCUT2D eigenvalue weighted by Crippen LogP contribution is 2.50. The van der Waals surface area contributed by atoms with E-state index in [1.54, 1.807) is 31.2 Å². The number of ether oxygens (including phenoxy) is 1. The number of rotatable bonds is 4. The lowest BCUT2D eigenvalue weighted by molar-refractivity contribution is -0.135. The summed E-state index contributed by atoms with van der Waals surface area (Å²) in [6.07, 6.45) is -0.160. The highest BCUT2D eigenvalue weighted by molar-refractivity contribution is 6.09. The number of carbonyl (C=O) groups is 3. The number of phenols is 1. The number of aromatic carboxylic acids is 1. The molecular weight excluding hydrogens is 456 g/mol. The van der Waals surface area contributed by atoms with Gasteiger partial charge in [0.1, 0.15) is 28.4 Å². The number of carboxylic acids is 1. The first-order valence-corrected chi connectivity index (χ1v) is 10.6. The Kier molecular flexibility index (Phi) is 5.05. The summed E-state index contributed by atoms with van der Waals surface area (Å²) in [5, 5.41) is 20.1. The maximum atomic E-state index is 12.5. The Morgan fingerprint density at radius 2 is 1.74 bits per heavy atom. The largest absolute Gasteiger partial charge is 0.506 e. The smallest absolute Gasteiger partial charge is 0.336 e. The number of aryl methyl sites for hydroxylation is 1. The fraction of sp³-hybridized carbons (Fsp3) is 0.154. The fourth-order valence-electron chi connectivity index (χ4n) is 4.45. The molecule has 1 aliphatic heterocycles. The van der Waals surface area contributed by atoms with Gasteiger partial charge in [0.15, 0.2) is 11.5 Å². The molecule has 0 spiro atoms. The molecule has 4 aromatic rings. The number of fused-ring (bicyclic) bond motifs is 3. The predicted octanol–water partition coefficient (Wildman–Crippen LogP) is 4.41. The molecule has 9 heteroatoms. The van der Waals surface area contributed by atoms with Crippen molar-refractivity contribution in [2.45, 2.75) is 26.2 Å². The Hall–Kier alpha value is -4.66. The first kappa shape index (κ1) is 22.1. The first-order chi connectivity index (χ1) is 16.7. The number of esters is 1. The Bertz CT molecular complexity index is 1600. The van der Waals surface area contributed by atoms with E-state index in [0.29, 0.717) is 22.6 Å². The van der Waals surface area contributed by atoms with Gasteiger partial charge in [0.25, 0.3) is 0 Å². The van der Waals surface area contributed by atoms with Crippen LogP contribution in [0.4, 0.5) is 0 Å². The second-order valence-electron chi connectivity index (χ2n) is 8.29. The molecule has 0 bridgehead atoms. The second-order valence-corrected chi connectivity index (χ2v) is 8.29. The third-order valence-electron chi connectivity index (χ3n) is 6.02. The van der Waals surface area contributed by atoms with Crippen molar-refractivity contribution in [3.8, 4) is 22.8 Å². The molecule has 2 aromatic heterocycles. The minimum atomic E-state index is -1.05. The van der Waals surface area contributed by atoms with E-state index in [1.165, 1.54) is 25.1 Å². The van der Waals surface area contributed by atoms with E-state index in [9.17, 15) is 24.3 Å². The molecule has 2 N–H and O–H groups in total. The van der Waals surface area contributed by atoms with Crippen molar-refractivity contribution in [1.82, 2.24) is 0 Å². The van der Waals surface area contributed by atoms with Gasteiger partial charge in [0, 0.05) is 11.6 Å². The minimum Gasteiger partial charge on any atom is -0.506 e. The van der Waals surface area contributed by atoms with E-state index in [4.69, 9.17) is 18.7 Å². The summed E-state index contributed by atoms with van der Waals surface area (Å²) in [4.78, 5) is 48.3. The van der Waals surface area contributed by atoms with Gasteiger partial charge >= 0.3 is 17.6 Å². The maximum absolute atomic E-state index is 12.5. The third kappa shape index (κ3) is 3.57. The SMILES string of the molecule is CC(=O)c1c2c(c3oc(=O)cc(C)c3c1O)C(c1ccc(-c3ccc(C(=O)O)cc3)o1)CC(=O)O2. The normalized spacial score (nSPS) is 15.0. The molecule has 0 aliphatic carbocycles. The Balaban J connectivity index is 1.73. The van der Waals surface area contributed by atoms with Gasteiger partial charge in [-0.1, -0.05) is 12.1 Å². The summed E-state index contributed by atoms with van der Waals surface area (Å²) in [5.74, 6) is -2.84. The van der Waals surface area contributed by atoms with E-state index in [2.05, 4.69) is 0 Å². The minimum absolute atomic E-state index is 0.00811. The zero-order valence-electron chi connectivity index (χ0n) is 18.6. The van der Waals surface area contributed by atoms with Gasteiger partial charge in [0.2, 0.25) is 0 Å². The molecule has 5 rings (SSSR count). The average Bonchev–Trinajstić information content (AvgIpc) is 3.28. The second kappa shape index (κ2) is 7.98. The van der Waals surface area contributed by atoms with Crippen molar-refractivity contribution >= 4 is 28.7 Å². The van der Waals surface area contributed by atoms with Crippen LogP contribution in [0.1, 0.15) is 56.9 Å². The van der Waals surface area contributed by atoms with Crippen molar-refractivity contribution in [1.29, 1.82) is 0 Å². The topological polar surface area (TPSA) is 144 Å². The lowest BCUT2D eigenvalue weighted by Crippen LogP contribution is -2.23. The number of hydrogen-bond donors (Lipinski definition) is 2. The molecular formula is C26H18O9. The Morgan fingerprint density at radius 1 is 1.03 bits per heavy atom. The standard InChI is InChI=1S/C26H18O9/c1-11-9-18(28)34-24-20(11)23(30)21(12(2)27)25-22(24)15(10-19(29)35-25)17-8-7-16(33-17)13-3-5-14(6-4-13)26(31)32/h3-9,15,30H,10H2,1-2H3,(H,31,32). The third-order valence-corrected chi connectivity index (χ3v) is 6.02. The Labute approximate surface area is 197 Å². The van der Waals surface area contributed by atoms with Crippen LogP contribution in [0.2, 0.25) is 0 Å². The van der Waals surface area contributed by atoms with Crippen LogP contribution in [0.5, 0.6) is 11.5 Å². The van der Waals surface area contributed by atoms with E-state index < -0.39 is 35.0 Å². The number of furan rings is 1. The number of ketones is 1. The van der Waals surface area contributed by atoms with Gasteiger partial charge in [-0.25, -0.2) is 9.59 Å². The van der Waals surface area contributed by atoms with Crippen molar-refractivity contribution in [3.05, 3.63) is 80.9 Å². The number of hydrogen-bond acceptors (Lipinski definition) is 8. The van der Waals surface area contributed by atoms with Crippen molar-refractivity contribution < 1.29 is 38.2 Å². The van der Waals surface area contributed by atoms with Crippen LogP contribution in [0.25, 0.3) is 22.3 Å². The molecule has 0 amide bonds. The lowest BCUT2D eigenvalue weighted by Gasteiger charge is -2.26. The summed E-state index contributed by atoms with van der Waals surface area (Å²) < 4.78 is 16.9. The first-order valence-electron chi connectivity index (χ1n) is 10.6. The van der Waals surface area contributed by atoms with E-state index in [1.807, 2.05) is 0 Å². The quantitative estimate of drug-likeness (QED) is 0.190. The molecule has 1 atom stereocenters. The van der Waals surface area contributed by atoms with Crippen LogP contribution < -0.4 is 10.4 Å². The lowest BCUT2D eigenvalue weighted by atomic mass is 9.85. The summed E-state index contributed by atoms with van der Waals surface area (Å²) in [5.41, 5.74) is 0.549. The van der Waals surface area contributed by atoms with Crippen LogP contribution in [0, 0.1) is 6.92 Å². The highest BCUT2D eigenvalue weighted by atomic mass is 16.5. The number of aromatic hydroxyl groups is 1. The molecule has 0 saturated heterocycles. The molecule has 35 heavy (non-hydrogen) atoms. The van der Waals surface area contributed by atoms with Crippen LogP contribution in [0.15, 0.2) is 56.1 Å². The summed E-state index contributed by atoms with van der Waals surface area (Å²) in [6.45, 7) is 2.84. The molecule has 9 nitrogen and oxygen atoms in total. The fourth-order valence-corrected chi connectivity index (χ4v) is 4.45. The van der Waals surface area contributed by atoms with Gasteiger partial charge in [-0.05, 0) is 43.7 Å². The summed E-state index contributed by atoms with van der Waals surface area (Å²) >= 11 is 0. The van der Waals surface area contributed by atoms with E-state index in [-0.39, 0.29) is 39.8 Å². The van der Waals surface area contributed by atoms with Gasteiger partial charge < -0.3 is 23.8 Å². The molecule has 0 saturated carbocycles. The van der Waals surface area contributed by atoms with E-state index >= 15 is 0 Å². The summed E-state index contributed by atoms with van der Waals surface area (Å²) in [7, 11) is 0. The monoisotopic (exact) mass is 474 g/mol. The molecule has 176 valence electrons. The summed E-state index contributed by atoms with van der Waals surface area (Å²) in [6, 6.07) is 10.6. The van der Waals surface area contributed by atoms with Gasteiger partial charge in [0.05, 0.1) is 28.9 Å². The van der Waals surface area contributed by atoms with Gasteiger partial charge in [-0.2, -0.15) is 0 Å². The number of carbonyl (C=O) groups excluding carboxylic acids is 2. The number of carboxylic acid groups (broad SMARTS) is 1. The van der Waals surface area contributed by atoms with Crippen LogP contribution in [-0.2, 0) is 4.79 Å². The maximum Gasteiger partial charge on any atom is 0.336 e. The van der Waals surface area contributed by atoms with Crippen molar-refractivity contribution in [3.63, 3.8) is 0 Å². The molecule has 2 aromatic carbocycles. The zero-order chi connectivity index (χ0) is 25.0. The van der Waals surface area contributed by atoms with E-state index in [0.717, 1.165) is 0 Å². The van der Waals surface area contributed by atoms with Crippen molar-refractivity contribution in [2.75, 3.05) is 0 Å². The molecule has 1 unspecified atom stereocenters. The van der Waals surface area contributed by atoms with Gasteiger partial charge in [-0.15, -0.1) is 0 Å². The van der Waals surface area contributed by atoms with Crippen molar-refractivity contribution in [2.24, 2.45) is 0 Å². The number of benzene rings is 2. The molecule has 0 radical (unpaired) electrons. The Morgan fingerprint density at radius 3 is 2.40 bits per heavy atom. The molecule has 3 heterocycles. The average molecular weight is 474 g/mol. The number of Topliss-reactive ketones (excluding diaryl/α,β-unsaturated/α-hetero) is 1. The molecule has 1 aliphatic rings. The zero-order valence-corrected chi connectivity index (χ0v) is 18.6. The van der Waals surface area contributed by atoms with Crippen LogP contribution in [-0.4, -0.2) is 27.9 Å².